The molecule has 0 unspecified atom stereocenters. The Hall–Kier alpha value is -4.46. The molecule has 2 aromatic carbocycles. The second kappa shape index (κ2) is 9.19. The highest BCUT2D eigenvalue weighted by Crippen LogP contribution is 2.28. The van der Waals surface area contributed by atoms with E-state index in [1.54, 1.807) is 18.6 Å². The molecule has 0 spiro atoms. The fourth-order valence-electron chi connectivity index (χ4n) is 4.02. The Morgan fingerprint density at radius 3 is 2.74 bits per heavy atom. The van der Waals surface area contributed by atoms with E-state index in [2.05, 4.69) is 45.5 Å². The molecule has 0 radical (unpaired) electrons. The number of aryl methyl sites for hydroxylation is 2. The lowest BCUT2D eigenvalue weighted by atomic mass is 9.96. The summed E-state index contributed by atoms with van der Waals surface area (Å²) >= 11 is 0. The number of nitrogens with two attached hydrogens (primary N) is 1. The van der Waals surface area contributed by atoms with E-state index in [1.165, 1.54) is 11.1 Å². The van der Waals surface area contributed by atoms with Crippen molar-refractivity contribution >= 4 is 22.4 Å². The quantitative estimate of drug-likeness (QED) is 0.373. The van der Waals surface area contributed by atoms with Gasteiger partial charge < -0.3 is 15.8 Å². The Morgan fingerprint density at radius 1 is 1.03 bits per heavy atom. The molecule has 0 aliphatic heterocycles. The summed E-state index contributed by atoms with van der Waals surface area (Å²) in [4.78, 5) is 4.20. The second-order valence-electron chi connectivity index (χ2n) is 8.14. The molecule has 3 N–H and O–H groups in total. The SMILES string of the molecule is Cc1cc2c(N)nccc2c(C)c1CNc1cc(OCc2cnn(-c3ccccc3)c2)cnn1. The summed E-state index contributed by atoms with van der Waals surface area (Å²) in [7, 11) is 0. The molecule has 0 aliphatic carbocycles. The molecule has 170 valence electrons. The maximum absolute atomic E-state index is 6.06. The highest BCUT2D eigenvalue weighted by atomic mass is 16.5. The first kappa shape index (κ1) is 21.4. The van der Waals surface area contributed by atoms with Crippen molar-refractivity contribution in [3.8, 4) is 11.4 Å². The van der Waals surface area contributed by atoms with Crippen LogP contribution in [0.4, 0.5) is 11.6 Å². The molecule has 0 atom stereocenters. The van der Waals surface area contributed by atoms with Crippen molar-refractivity contribution in [3.05, 3.63) is 95.6 Å². The molecule has 5 aromatic rings. The van der Waals surface area contributed by atoms with E-state index < -0.39 is 0 Å². The van der Waals surface area contributed by atoms with Gasteiger partial charge in [0, 0.05) is 36.0 Å². The van der Waals surface area contributed by atoms with E-state index in [9.17, 15) is 0 Å². The van der Waals surface area contributed by atoms with Crippen molar-refractivity contribution in [1.82, 2.24) is 25.0 Å². The van der Waals surface area contributed by atoms with Gasteiger partial charge in [-0.05, 0) is 60.2 Å². The van der Waals surface area contributed by atoms with Gasteiger partial charge in [0.1, 0.15) is 18.2 Å². The standard InChI is InChI=1S/C26H25N7O/c1-17-10-23-22(8-9-28-26(23)27)18(2)24(17)14-29-25-11-21(13-30-32-25)34-16-19-12-31-33(15-19)20-6-4-3-5-7-20/h3-13,15H,14,16H2,1-2H3,(H2,27,28)(H,29,32). The molecular weight excluding hydrogens is 426 g/mol. The molecule has 0 fully saturated rings. The number of para-hydroxylation sites is 1. The number of pyridine rings is 1. The largest absolute Gasteiger partial charge is 0.487 e. The summed E-state index contributed by atoms with van der Waals surface area (Å²) in [5.74, 6) is 1.83. The molecule has 0 amide bonds. The van der Waals surface area contributed by atoms with Crippen LogP contribution >= 0.6 is 0 Å². The van der Waals surface area contributed by atoms with Crippen LogP contribution in [-0.4, -0.2) is 25.0 Å². The fourth-order valence-corrected chi connectivity index (χ4v) is 4.02. The summed E-state index contributed by atoms with van der Waals surface area (Å²) in [5.41, 5.74) is 11.5. The zero-order valence-electron chi connectivity index (χ0n) is 19.1. The number of nitrogens with zero attached hydrogens (tertiary/aromatic N) is 5. The highest BCUT2D eigenvalue weighted by Gasteiger charge is 2.11. The number of hydrogen-bond acceptors (Lipinski definition) is 7. The van der Waals surface area contributed by atoms with Gasteiger partial charge in [0.2, 0.25) is 0 Å². The number of anilines is 2. The second-order valence-corrected chi connectivity index (χ2v) is 8.14. The molecule has 0 saturated carbocycles. The lowest BCUT2D eigenvalue weighted by Crippen LogP contribution is -2.07. The molecular formula is C26H25N7O. The minimum absolute atomic E-state index is 0.385. The van der Waals surface area contributed by atoms with Gasteiger partial charge in [-0.25, -0.2) is 9.67 Å². The minimum Gasteiger partial charge on any atom is -0.487 e. The highest BCUT2D eigenvalue weighted by molar-refractivity contribution is 5.94. The Bertz CT molecular complexity index is 1450. The van der Waals surface area contributed by atoms with Crippen LogP contribution in [-0.2, 0) is 13.2 Å². The van der Waals surface area contributed by atoms with E-state index in [1.807, 2.05) is 53.3 Å². The number of nitrogens with one attached hydrogen (secondary N) is 1. The Balaban J connectivity index is 1.26. The molecule has 8 nitrogen and oxygen atoms in total. The zero-order valence-corrected chi connectivity index (χ0v) is 19.1. The molecule has 0 saturated heterocycles. The van der Waals surface area contributed by atoms with Crippen LogP contribution in [0.15, 0.2) is 73.3 Å². The van der Waals surface area contributed by atoms with Crippen LogP contribution in [0.5, 0.6) is 5.75 Å². The van der Waals surface area contributed by atoms with E-state index in [4.69, 9.17) is 10.5 Å². The summed E-state index contributed by atoms with van der Waals surface area (Å²) in [6.45, 7) is 5.18. The first-order valence-corrected chi connectivity index (χ1v) is 11.0. The van der Waals surface area contributed by atoms with E-state index in [0.29, 0.717) is 30.5 Å². The summed E-state index contributed by atoms with van der Waals surface area (Å²) < 4.78 is 7.76. The van der Waals surface area contributed by atoms with Crippen LogP contribution in [0.3, 0.4) is 0 Å². The number of fused-ring (bicyclic) bond motifs is 1. The molecule has 8 heteroatoms. The number of rotatable bonds is 7. The third-order valence-corrected chi connectivity index (χ3v) is 5.85. The van der Waals surface area contributed by atoms with Crippen molar-refractivity contribution in [2.75, 3.05) is 11.1 Å². The van der Waals surface area contributed by atoms with Crippen molar-refractivity contribution in [2.24, 2.45) is 0 Å². The number of benzene rings is 2. The molecule has 5 rings (SSSR count). The van der Waals surface area contributed by atoms with Crippen LogP contribution in [0, 0.1) is 13.8 Å². The fraction of sp³-hybridized carbons (Fsp3) is 0.154. The predicted octanol–water partition coefficient (Wildman–Crippen LogP) is 4.60. The van der Waals surface area contributed by atoms with Gasteiger partial charge in [-0.1, -0.05) is 18.2 Å². The van der Waals surface area contributed by atoms with Gasteiger partial charge in [-0.2, -0.15) is 10.2 Å². The Kier molecular flexibility index (Phi) is 5.78. The Morgan fingerprint density at radius 2 is 1.88 bits per heavy atom. The molecule has 34 heavy (non-hydrogen) atoms. The minimum atomic E-state index is 0.385. The molecule has 0 bridgehead atoms. The molecule has 0 aliphatic rings. The van der Waals surface area contributed by atoms with Gasteiger partial charge in [-0.15, -0.1) is 5.10 Å². The van der Waals surface area contributed by atoms with E-state index in [0.717, 1.165) is 27.6 Å². The van der Waals surface area contributed by atoms with Gasteiger partial charge in [0.25, 0.3) is 0 Å². The van der Waals surface area contributed by atoms with Crippen LogP contribution < -0.4 is 15.8 Å². The number of ether oxygens (including phenoxy) is 1. The average molecular weight is 452 g/mol. The van der Waals surface area contributed by atoms with E-state index >= 15 is 0 Å². The molecule has 3 aromatic heterocycles. The van der Waals surface area contributed by atoms with Crippen LogP contribution in [0.2, 0.25) is 0 Å². The lowest BCUT2D eigenvalue weighted by molar-refractivity contribution is 0.304. The first-order chi connectivity index (χ1) is 16.6. The first-order valence-electron chi connectivity index (χ1n) is 11.0. The predicted molar refractivity (Wildman–Crippen MR) is 133 cm³/mol. The number of hydrogen-bond donors (Lipinski definition) is 2. The van der Waals surface area contributed by atoms with Gasteiger partial charge in [-0.3, -0.25) is 0 Å². The topological polar surface area (TPSA) is 104 Å². The van der Waals surface area contributed by atoms with Crippen molar-refractivity contribution in [3.63, 3.8) is 0 Å². The lowest BCUT2D eigenvalue weighted by Gasteiger charge is -2.15. The molecule has 3 heterocycles. The van der Waals surface area contributed by atoms with Crippen molar-refractivity contribution in [1.29, 1.82) is 0 Å². The van der Waals surface area contributed by atoms with Gasteiger partial charge in [0.05, 0.1) is 18.1 Å². The third-order valence-electron chi connectivity index (χ3n) is 5.85. The summed E-state index contributed by atoms with van der Waals surface area (Å²) in [5, 5.41) is 18.1. The van der Waals surface area contributed by atoms with Crippen LogP contribution in [0.25, 0.3) is 16.5 Å². The smallest absolute Gasteiger partial charge is 0.152 e. The summed E-state index contributed by atoms with van der Waals surface area (Å²) in [6.07, 6.45) is 7.10. The Labute approximate surface area is 197 Å². The number of aromatic nitrogens is 5. The normalized spacial score (nSPS) is 11.0. The van der Waals surface area contributed by atoms with E-state index in [-0.39, 0.29) is 0 Å². The average Bonchev–Trinajstić information content (AvgIpc) is 3.33. The maximum atomic E-state index is 6.06. The monoisotopic (exact) mass is 451 g/mol. The van der Waals surface area contributed by atoms with Crippen molar-refractivity contribution < 1.29 is 4.74 Å². The van der Waals surface area contributed by atoms with Gasteiger partial charge >= 0.3 is 0 Å². The third kappa shape index (κ3) is 4.38. The zero-order chi connectivity index (χ0) is 23.5. The van der Waals surface area contributed by atoms with Gasteiger partial charge in [0.15, 0.2) is 5.82 Å². The summed E-state index contributed by atoms with van der Waals surface area (Å²) in [6, 6.07) is 15.9. The van der Waals surface area contributed by atoms with Crippen molar-refractivity contribution in [2.45, 2.75) is 27.0 Å². The number of nitrogen functional groups attached to an aromatic ring is 1. The van der Waals surface area contributed by atoms with Crippen LogP contribution in [0.1, 0.15) is 22.3 Å². The maximum Gasteiger partial charge on any atom is 0.152 e.